The molecule has 21 heavy (non-hydrogen) atoms. The molecule has 0 unspecified atom stereocenters. The summed E-state index contributed by atoms with van der Waals surface area (Å²) in [6.07, 6.45) is 8.47. The van der Waals surface area contributed by atoms with Gasteiger partial charge in [-0.1, -0.05) is 6.07 Å². The molecule has 0 aliphatic carbocycles. The van der Waals surface area contributed by atoms with Gasteiger partial charge in [0.1, 0.15) is 17.2 Å². The van der Waals surface area contributed by atoms with E-state index in [4.69, 9.17) is 0 Å². The number of aromatic nitrogens is 4. The van der Waals surface area contributed by atoms with Gasteiger partial charge in [-0.05, 0) is 25.1 Å². The summed E-state index contributed by atoms with van der Waals surface area (Å²) in [6, 6.07) is 6.36. The number of hydrogen-bond donors (Lipinski definition) is 2. The van der Waals surface area contributed by atoms with E-state index in [2.05, 4.69) is 25.6 Å². The summed E-state index contributed by atoms with van der Waals surface area (Å²) in [5, 5.41) is 6.76. The Balaban J connectivity index is 1.68. The molecule has 0 saturated carbocycles. The van der Waals surface area contributed by atoms with Gasteiger partial charge in [-0.3, -0.25) is 9.38 Å². The Morgan fingerprint density at radius 1 is 1.24 bits per heavy atom. The maximum atomic E-state index is 4.67. The Kier molecular flexibility index (Phi) is 3.01. The monoisotopic (exact) mass is 280 g/mol. The third-order valence-electron chi connectivity index (χ3n) is 3.73. The Morgan fingerprint density at radius 2 is 2.24 bits per heavy atom. The predicted molar refractivity (Wildman–Crippen MR) is 81.1 cm³/mol. The average Bonchev–Trinajstić information content (AvgIpc) is 3.16. The molecule has 4 heterocycles. The highest BCUT2D eigenvalue weighted by Crippen LogP contribution is 2.19. The summed E-state index contributed by atoms with van der Waals surface area (Å²) in [7, 11) is 0. The highest BCUT2D eigenvalue weighted by atomic mass is 15.1. The van der Waals surface area contributed by atoms with Gasteiger partial charge in [0.25, 0.3) is 0 Å². The second-order valence-corrected chi connectivity index (χ2v) is 5.20. The molecular weight excluding hydrogens is 264 g/mol. The second kappa shape index (κ2) is 5.14. The zero-order chi connectivity index (χ0) is 14.1. The van der Waals surface area contributed by atoms with Crippen molar-refractivity contribution in [2.24, 2.45) is 0 Å². The molecule has 0 spiro atoms. The molecule has 0 radical (unpaired) electrons. The van der Waals surface area contributed by atoms with E-state index in [0.717, 1.165) is 42.4 Å². The Morgan fingerprint density at radius 3 is 3.14 bits per heavy atom. The lowest BCUT2D eigenvalue weighted by Crippen LogP contribution is -2.22. The van der Waals surface area contributed by atoms with Crippen molar-refractivity contribution in [1.82, 2.24) is 24.7 Å². The number of nitrogens with zero attached hydrogens (tertiary/aromatic N) is 4. The first kappa shape index (κ1) is 12.3. The van der Waals surface area contributed by atoms with E-state index < -0.39 is 0 Å². The lowest BCUT2D eigenvalue weighted by Gasteiger charge is -2.12. The molecule has 4 rings (SSSR count). The fraction of sp³-hybridized carbons (Fsp3) is 0.267. The number of rotatable bonds is 3. The van der Waals surface area contributed by atoms with Crippen LogP contribution in [0.25, 0.3) is 17.0 Å². The summed E-state index contributed by atoms with van der Waals surface area (Å²) in [5.41, 5.74) is 2.68. The maximum absolute atomic E-state index is 4.67. The first-order chi connectivity index (χ1) is 10.4. The van der Waals surface area contributed by atoms with E-state index in [1.807, 2.05) is 35.0 Å². The summed E-state index contributed by atoms with van der Waals surface area (Å²) in [5.74, 6) is 0.812. The van der Waals surface area contributed by atoms with Crippen molar-refractivity contribution in [1.29, 1.82) is 0 Å². The SMILES string of the molecule is c1ccn2c(-c3cncc(N[C@H]4CCNC4)n3)cnc2c1. The average molecular weight is 280 g/mol. The largest absolute Gasteiger partial charge is 0.365 e. The smallest absolute Gasteiger partial charge is 0.145 e. The second-order valence-electron chi connectivity index (χ2n) is 5.20. The van der Waals surface area contributed by atoms with E-state index in [1.54, 1.807) is 12.4 Å². The van der Waals surface area contributed by atoms with Crippen LogP contribution >= 0.6 is 0 Å². The minimum atomic E-state index is 0.428. The van der Waals surface area contributed by atoms with Crippen LogP contribution in [0.1, 0.15) is 6.42 Å². The van der Waals surface area contributed by atoms with E-state index in [9.17, 15) is 0 Å². The van der Waals surface area contributed by atoms with Gasteiger partial charge in [-0.2, -0.15) is 0 Å². The van der Waals surface area contributed by atoms with Gasteiger partial charge in [0.2, 0.25) is 0 Å². The number of nitrogens with one attached hydrogen (secondary N) is 2. The molecule has 3 aromatic heterocycles. The number of anilines is 1. The quantitative estimate of drug-likeness (QED) is 0.762. The third kappa shape index (κ3) is 2.34. The number of imidazole rings is 1. The molecule has 0 aromatic carbocycles. The van der Waals surface area contributed by atoms with Crippen molar-refractivity contribution >= 4 is 11.5 Å². The standard InChI is InChI=1S/C15H16N6/c1-2-6-21-13(9-18-15(21)3-1)12-8-17-10-14(20-12)19-11-4-5-16-7-11/h1-3,6,8-11,16H,4-5,7H2,(H,19,20)/t11-/m0/s1. The van der Waals surface area contributed by atoms with Crippen LogP contribution in [0.3, 0.4) is 0 Å². The van der Waals surface area contributed by atoms with E-state index in [0.29, 0.717) is 6.04 Å². The Labute approximate surface area is 122 Å². The minimum Gasteiger partial charge on any atom is -0.365 e. The van der Waals surface area contributed by atoms with Crippen LogP contribution in [0.4, 0.5) is 5.82 Å². The van der Waals surface area contributed by atoms with Crippen LogP contribution in [0, 0.1) is 0 Å². The van der Waals surface area contributed by atoms with E-state index in [-0.39, 0.29) is 0 Å². The summed E-state index contributed by atoms with van der Waals surface area (Å²) >= 11 is 0. The van der Waals surface area contributed by atoms with Crippen LogP contribution in [-0.2, 0) is 0 Å². The fourth-order valence-electron chi connectivity index (χ4n) is 2.67. The first-order valence-corrected chi connectivity index (χ1v) is 7.12. The zero-order valence-electron chi connectivity index (χ0n) is 11.5. The minimum absolute atomic E-state index is 0.428. The summed E-state index contributed by atoms with van der Waals surface area (Å²) < 4.78 is 2.02. The third-order valence-corrected chi connectivity index (χ3v) is 3.73. The molecule has 1 fully saturated rings. The van der Waals surface area contributed by atoms with Crippen LogP contribution in [0.15, 0.2) is 43.0 Å². The fourth-order valence-corrected chi connectivity index (χ4v) is 2.67. The maximum Gasteiger partial charge on any atom is 0.145 e. The highest BCUT2D eigenvalue weighted by molar-refractivity contribution is 5.60. The van der Waals surface area contributed by atoms with Crippen molar-refractivity contribution in [2.45, 2.75) is 12.5 Å². The molecular formula is C15H16N6. The van der Waals surface area contributed by atoms with E-state index >= 15 is 0 Å². The molecule has 3 aromatic rings. The molecule has 6 heteroatoms. The number of hydrogen-bond acceptors (Lipinski definition) is 5. The molecule has 1 saturated heterocycles. The summed E-state index contributed by atoms with van der Waals surface area (Å²) in [6.45, 7) is 2.03. The van der Waals surface area contributed by atoms with Crippen LogP contribution < -0.4 is 10.6 Å². The first-order valence-electron chi connectivity index (χ1n) is 7.12. The molecule has 1 atom stereocenters. The zero-order valence-corrected chi connectivity index (χ0v) is 11.5. The normalized spacial score (nSPS) is 18.2. The van der Waals surface area contributed by atoms with Gasteiger partial charge in [0.05, 0.1) is 24.3 Å². The number of fused-ring (bicyclic) bond motifs is 1. The van der Waals surface area contributed by atoms with Gasteiger partial charge in [0.15, 0.2) is 0 Å². The molecule has 106 valence electrons. The molecule has 6 nitrogen and oxygen atoms in total. The van der Waals surface area contributed by atoms with Gasteiger partial charge in [0, 0.05) is 18.8 Å². The topological polar surface area (TPSA) is 67.1 Å². The van der Waals surface area contributed by atoms with Crippen molar-refractivity contribution in [2.75, 3.05) is 18.4 Å². The molecule has 2 N–H and O–H groups in total. The molecule has 1 aliphatic rings. The van der Waals surface area contributed by atoms with Gasteiger partial charge >= 0.3 is 0 Å². The van der Waals surface area contributed by atoms with Crippen molar-refractivity contribution < 1.29 is 0 Å². The van der Waals surface area contributed by atoms with Crippen LogP contribution in [0.5, 0.6) is 0 Å². The highest BCUT2D eigenvalue weighted by Gasteiger charge is 2.15. The lowest BCUT2D eigenvalue weighted by atomic mass is 10.2. The Hall–Kier alpha value is -2.47. The van der Waals surface area contributed by atoms with Crippen molar-refractivity contribution in [3.05, 3.63) is 43.0 Å². The van der Waals surface area contributed by atoms with Crippen LogP contribution in [0.2, 0.25) is 0 Å². The summed E-state index contributed by atoms with van der Waals surface area (Å²) in [4.78, 5) is 13.4. The van der Waals surface area contributed by atoms with Gasteiger partial charge < -0.3 is 10.6 Å². The number of pyridine rings is 1. The molecule has 0 amide bonds. The van der Waals surface area contributed by atoms with Gasteiger partial charge in [-0.15, -0.1) is 0 Å². The lowest BCUT2D eigenvalue weighted by molar-refractivity contribution is 0.786. The van der Waals surface area contributed by atoms with Crippen molar-refractivity contribution in [3.8, 4) is 11.4 Å². The molecule has 0 bridgehead atoms. The van der Waals surface area contributed by atoms with Crippen LogP contribution in [-0.4, -0.2) is 38.5 Å². The predicted octanol–water partition coefficient (Wildman–Crippen LogP) is 1.57. The molecule has 1 aliphatic heterocycles. The van der Waals surface area contributed by atoms with E-state index in [1.165, 1.54) is 0 Å². The van der Waals surface area contributed by atoms with Gasteiger partial charge in [-0.25, -0.2) is 9.97 Å². The van der Waals surface area contributed by atoms with Crippen molar-refractivity contribution in [3.63, 3.8) is 0 Å². The Bertz CT molecular complexity index is 759.